The van der Waals surface area contributed by atoms with Gasteiger partial charge in [0.1, 0.15) is 0 Å². The summed E-state index contributed by atoms with van der Waals surface area (Å²) in [5.74, 6) is 1.52. The average Bonchev–Trinajstić information content (AvgIpc) is 3.76. The van der Waals surface area contributed by atoms with Crippen LogP contribution in [0.3, 0.4) is 0 Å². The van der Waals surface area contributed by atoms with Crippen LogP contribution in [0.1, 0.15) is 62.5 Å². The van der Waals surface area contributed by atoms with Crippen molar-refractivity contribution in [2.45, 2.75) is 61.4 Å². The summed E-state index contributed by atoms with van der Waals surface area (Å²) >= 11 is -1.55. The molecule has 2 atom stereocenters. The van der Waals surface area contributed by atoms with Gasteiger partial charge in [0.05, 0.1) is 0 Å². The van der Waals surface area contributed by atoms with Crippen molar-refractivity contribution in [1.82, 2.24) is 0 Å². The summed E-state index contributed by atoms with van der Waals surface area (Å²) in [6.45, 7) is 7.47. The fourth-order valence-electron chi connectivity index (χ4n) is 6.11. The van der Waals surface area contributed by atoms with Crippen LogP contribution in [0.5, 0.6) is 11.5 Å². The molecule has 7 heteroatoms. The molecule has 2 heterocycles. The van der Waals surface area contributed by atoms with Crippen molar-refractivity contribution >= 4 is 56.9 Å². The molecule has 45 heavy (non-hydrogen) atoms. The zero-order chi connectivity index (χ0) is 31.7. The molecule has 0 radical (unpaired) electrons. The molecular weight excluding hydrogens is 664 g/mol. The first kappa shape index (κ1) is 31.5. The third-order valence-corrected chi connectivity index (χ3v) is 17.3. The Labute approximate surface area is 275 Å². The van der Waals surface area contributed by atoms with E-state index >= 15 is 0 Å². The van der Waals surface area contributed by atoms with Crippen LogP contribution in [0.4, 0.5) is 0 Å². The molecule has 4 nitrogen and oxygen atoms in total. The predicted molar refractivity (Wildman–Crippen MR) is 188 cm³/mol. The zero-order valence-electron chi connectivity index (χ0n) is 26.0. The standard InChI is InChI=1S/C38H38O4S2Se/c1-37(2,25-33(35-21-11-23-43-35)41-31-19-9-15-27-13-5-7-17-29(27)31)45(39,40)38(3,4)26-34(36-22-12-24-44-36)42-32-20-10-16-28-14-6-8-18-30(28)32/h5-24,33-34H,25-26H2,1-4H3/t33-,34-/m0/s1. The van der Waals surface area contributed by atoms with Crippen molar-refractivity contribution in [2.24, 2.45) is 0 Å². The molecule has 0 spiro atoms. The van der Waals surface area contributed by atoms with Crippen molar-refractivity contribution in [3.63, 3.8) is 0 Å². The van der Waals surface area contributed by atoms with E-state index in [-0.39, 0.29) is 0 Å². The first-order valence-corrected chi connectivity index (χ1v) is 20.0. The Morgan fingerprint density at radius 2 is 0.956 bits per heavy atom. The Morgan fingerprint density at radius 3 is 1.36 bits per heavy atom. The molecule has 0 amide bonds. The van der Waals surface area contributed by atoms with Gasteiger partial charge in [-0.05, 0) is 0 Å². The number of rotatable bonds is 12. The average molecular weight is 702 g/mol. The van der Waals surface area contributed by atoms with Gasteiger partial charge in [0.25, 0.3) is 0 Å². The van der Waals surface area contributed by atoms with E-state index in [4.69, 9.17) is 9.47 Å². The molecule has 2 aromatic heterocycles. The molecule has 6 rings (SSSR count). The molecule has 0 saturated heterocycles. The zero-order valence-corrected chi connectivity index (χ0v) is 29.3. The van der Waals surface area contributed by atoms with Gasteiger partial charge < -0.3 is 0 Å². The van der Waals surface area contributed by atoms with Crippen molar-refractivity contribution in [3.05, 3.63) is 130 Å². The first-order chi connectivity index (χ1) is 21.6. The van der Waals surface area contributed by atoms with Crippen LogP contribution >= 0.6 is 22.7 Å². The van der Waals surface area contributed by atoms with Crippen LogP contribution in [-0.4, -0.2) is 12.7 Å². The molecule has 0 unspecified atom stereocenters. The molecule has 4 aromatic carbocycles. The Balaban J connectivity index is 1.30. The van der Waals surface area contributed by atoms with E-state index in [1.807, 2.05) is 123 Å². The number of hydrogen-bond acceptors (Lipinski definition) is 6. The van der Waals surface area contributed by atoms with Crippen molar-refractivity contribution < 1.29 is 17.1 Å². The van der Waals surface area contributed by atoms with Crippen LogP contribution in [-0.2, 0) is 7.67 Å². The number of ether oxygens (including phenoxy) is 2. The van der Waals surface area contributed by atoms with Crippen molar-refractivity contribution in [2.75, 3.05) is 0 Å². The SMILES string of the molecule is CC(C)(C[C@H](Oc1cccc2ccccc12)c1cccs1)[Se](=O)(=O)C(C)(C)C[C@H](Oc1cccc2ccccc12)c1cccs1. The maximum atomic E-state index is 14.8. The van der Waals surface area contributed by atoms with Gasteiger partial charge in [0, 0.05) is 0 Å². The van der Waals surface area contributed by atoms with Crippen LogP contribution in [0.15, 0.2) is 120 Å². The van der Waals surface area contributed by atoms with Gasteiger partial charge in [-0.3, -0.25) is 0 Å². The molecule has 0 aliphatic rings. The predicted octanol–water partition coefficient (Wildman–Crippen LogP) is 11.7. The monoisotopic (exact) mass is 702 g/mol. The summed E-state index contributed by atoms with van der Waals surface area (Å²) in [6, 6.07) is 36.3. The van der Waals surface area contributed by atoms with Crippen LogP contribution in [0.25, 0.3) is 21.5 Å². The minimum absolute atomic E-state index is 0.334. The summed E-state index contributed by atoms with van der Waals surface area (Å²) in [6.07, 6.45) is -0.163. The second-order valence-electron chi connectivity index (χ2n) is 12.6. The fraction of sp³-hybridized carbons (Fsp3) is 0.263. The second-order valence-corrected chi connectivity index (χ2v) is 21.3. The number of thiophene rings is 2. The van der Waals surface area contributed by atoms with Gasteiger partial charge in [-0.25, -0.2) is 0 Å². The van der Waals surface area contributed by atoms with Gasteiger partial charge >= 0.3 is 277 Å². The van der Waals surface area contributed by atoms with E-state index in [9.17, 15) is 7.67 Å². The van der Waals surface area contributed by atoms with Crippen molar-refractivity contribution in [3.8, 4) is 11.5 Å². The van der Waals surface area contributed by atoms with Crippen molar-refractivity contribution in [1.29, 1.82) is 0 Å². The van der Waals surface area contributed by atoms with Crippen LogP contribution < -0.4 is 9.47 Å². The van der Waals surface area contributed by atoms with E-state index in [0.717, 1.165) is 42.8 Å². The van der Waals surface area contributed by atoms with E-state index < -0.39 is 33.5 Å². The third-order valence-electron chi connectivity index (χ3n) is 8.57. The quantitative estimate of drug-likeness (QED) is 0.119. The third kappa shape index (κ3) is 6.45. The molecule has 0 aliphatic heterocycles. The number of fused-ring (bicyclic) bond motifs is 2. The minimum atomic E-state index is -4.74. The molecular formula is C38H38O4S2Se. The second kappa shape index (κ2) is 12.7. The fourth-order valence-corrected chi connectivity index (χ4v) is 12.3. The van der Waals surface area contributed by atoms with Gasteiger partial charge in [-0.2, -0.15) is 0 Å². The number of benzene rings is 4. The Bertz CT molecular complexity index is 1840. The van der Waals surface area contributed by atoms with Crippen LogP contribution in [0, 0.1) is 0 Å². The molecule has 0 N–H and O–H groups in total. The summed E-state index contributed by atoms with van der Waals surface area (Å²) in [4.78, 5) is 2.02. The van der Waals surface area contributed by atoms with E-state index in [0.29, 0.717) is 12.8 Å². The molecule has 0 fully saturated rings. The van der Waals surface area contributed by atoms with Gasteiger partial charge in [-0.1, -0.05) is 0 Å². The number of hydrogen-bond donors (Lipinski definition) is 0. The Hall–Kier alpha value is -3.48. The summed E-state index contributed by atoms with van der Waals surface area (Å²) in [5.41, 5.74) is 0. The van der Waals surface area contributed by atoms with E-state index in [2.05, 4.69) is 24.3 Å². The normalized spacial score (nSPS) is 14.0. The van der Waals surface area contributed by atoms with Crippen LogP contribution in [0.2, 0.25) is 8.63 Å². The molecule has 232 valence electrons. The molecule has 0 aliphatic carbocycles. The van der Waals surface area contributed by atoms with Gasteiger partial charge in [0.15, 0.2) is 0 Å². The Morgan fingerprint density at radius 1 is 0.556 bits per heavy atom. The maximum absolute atomic E-state index is 14.8. The summed E-state index contributed by atoms with van der Waals surface area (Å²) in [5, 5.41) is 8.23. The Kier molecular flexibility index (Phi) is 8.91. The van der Waals surface area contributed by atoms with Gasteiger partial charge in [0.2, 0.25) is 0 Å². The first-order valence-electron chi connectivity index (χ1n) is 15.2. The van der Waals surface area contributed by atoms with E-state index in [1.165, 1.54) is 0 Å². The summed E-state index contributed by atoms with van der Waals surface area (Å²) < 4.78 is 40.9. The molecule has 0 bridgehead atoms. The molecule has 0 saturated carbocycles. The van der Waals surface area contributed by atoms with Gasteiger partial charge in [-0.15, -0.1) is 0 Å². The van der Waals surface area contributed by atoms with E-state index in [1.54, 1.807) is 22.7 Å². The molecule has 6 aromatic rings. The summed E-state index contributed by atoms with van der Waals surface area (Å²) in [7, 11) is 0. The topological polar surface area (TPSA) is 52.6 Å².